The van der Waals surface area contributed by atoms with Crippen LogP contribution in [0.5, 0.6) is 0 Å². The molecule has 2 aromatic rings. The summed E-state index contributed by atoms with van der Waals surface area (Å²) in [5.74, 6) is -0.255. The average molecular weight is 373 g/mol. The summed E-state index contributed by atoms with van der Waals surface area (Å²) in [6.45, 7) is 2.07. The Bertz CT molecular complexity index is 557. The number of nitrogens with one attached hydrogen (secondary N) is 1. The van der Waals surface area contributed by atoms with Crippen molar-refractivity contribution in [3.8, 4) is 0 Å². The van der Waals surface area contributed by atoms with E-state index in [4.69, 9.17) is 0 Å². The van der Waals surface area contributed by atoms with E-state index >= 15 is 0 Å². The molecule has 0 amide bonds. The minimum atomic E-state index is -0.255. The van der Waals surface area contributed by atoms with E-state index < -0.39 is 0 Å². The van der Waals surface area contributed by atoms with Gasteiger partial charge in [-0.15, -0.1) is 0 Å². The van der Waals surface area contributed by atoms with Gasteiger partial charge >= 0.3 is 0 Å². The number of anilines is 1. The summed E-state index contributed by atoms with van der Waals surface area (Å²) in [6, 6.07) is 13.1. The Morgan fingerprint density at radius 3 is 2.44 bits per heavy atom. The maximum absolute atomic E-state index is 13.1. The second-order valence-electron chi connectivity index (χ2n) is 4.02. The molecule has 0 saturated carbocycles. The molecule has 18 heavy (non-hydrogen) atoms. The van der Waals surface area contributed by atoms with E-state index in [9.17, 15) is 4.39 Å². The first-order valence-corrected chi connectivity index (χ1v) is 7.12. The highest BCUT2D eigenvalue weighted by Gasteiger charge is 2.09. The zero-order chi connectivity index (χ0) is 13.1. The molecule has 0 fully saturated rings. The smallest absolute Gasteiger partial charge is 0.137 e. The lowest BCUT2D eigenvalue weighted by molar-refractivity contribution is 0.621. The molecule has 2 aromatic carbocycles. The Morgan fingerprint density at radius 2 is 1.78 bits per heavy atom. The molecule has 1 nitrogen and oxygen atoms in total. The van der Waals surface area contributed by atoms with Gasteiger partial charge in [-0.05, 0) is 52.7 Å². The zero-order valence-electron chi connectivity index (χ0n) is 9.75. The van der Waals surface area contributed by atoms with Crippen LogP contribution in [0.3, 0.4) is 0 Å². The van der Waals surface area contributed by atoms with Crippen LogP contribution < -0.4 is 5.32 Å². The van der Waals surface area contributed by atoms with Crippen molar-refractivity contribution < 1.29 is 4.39 Å². The highest BCUT2D eigenvalue weighted by atomic mass is 79.9. The summed E-state index contributed by atoms with van der Waals surface area (Å²) < 4.78 is 14.7. The number of hydrogen-bond donors (Lipinski definition) is 1. The third kappa shape index (κ3) is 3.12. The molecular formula is C14H12Br2FN. The predicted octanol–water partition coefficient (Wildman–Crippen LogP) is 5.52. The number of benzene rings is 2. The minimum Gasteiger partial charge on any atom is -0.378 e. The van der Waals surface area contributed by atoms with Gasteiger partial charge in [0, 0.05) is 16.2 Å². The van der Waals surface area contributed by atoms with Crippen molar-refractivity contribution in [2.75, 3.05) is 5.32 Å². The van der Waals surface area contributed by atoms with Gasteiger partial charge in [0.1, 0.15) is 5.82 Å². The van der Waals surface area contributed by atoms with Gasteiger partial charge in [-0.25, -0.2) is 4.39 Å². The lowest BCUT2D eigenvalue weighted by Gasteiger charge is -2.17. The molecule has 0 spiro atoms. The third-order valence-corrected chi connectivity index (χ3v) is 4.00. The molecule has 94 valence electrons. The van der Waals surface area contributed by atoms with E-state index in [1.54, 1.807) is 12.1 Å². The summed E-state index contributed by atoms with van der Waals surface area (Å²) in [5, 5.41) is 3.34. The highest BCUT2D eigenvalue weighted by molar-refractivity contribution is 9.10. The molecule has 0 aromatic heterocycles. The monoisotopic (exact) mass is 371 g/mol. The first kappa shape index (κ1) is 13.6. The van der Waals surface area contributed by atoms with E-state index in [2.05, 4.69) is 50.2 Å². The van der Waals surface area contributed by atoms with Gasteiger partial charge in [-0.2, -0.15) is 0 Å². The van der Waals surface area contributed by atoms with Crippen molar-refractivity contribution in [2.24, 2.45) is 0 Å². The van der Waals surface area contributed by atoms with E-state index in [0.717, 1.165) is 15.7 Å². The largest absolute Gasteiger partial charge is 0.378 e. The summed E-state index contributed by atoms with van der Waals surface area (Å²) in [4.78, 5) is 0. The third-order valence-electron chi connectivity index (χ3n) is 2.67. The van der Waals surface area contributed by atoms with Crippen LogP contribution in [-0.4, -0.2) is 0 Å². The summed E-state index contributed by atoms with van der Waals surface area (Å²) in [7, 11) is 0. The van der Waals surface area contributed by atoms with Crippen molar-refractivity contribution in [2.45, 2.75) is 13.0 Å². The van der Waals surface area contributed by atoms with Gasteiger partial charge in [-0.1, -0.05) is 34.1 Å². The molecule has 0 radical (unpaired) electrons. The van der Waals surface area contributed by atoms with Crippen molar-refractivity contribution in [1.29, 1.82) is 0 Å². The van der Waals surface area contributed by atoms with Gasteiger partial charge in [-0.3, -0.25) is 0 Å². The molecule has 0 saturated heterocycles. The van der Waals surface area contributed by atoms with E-state index in [-0.39, 0.29) is 11.9 Å². The molecule has 2 rings (SSSR count). The van der Waals surface area contributed by atoms with E-state index in [0.29, 0.717) is 4.47 Å². The molecule has 1 atom stereocenters. The number of hydrogen-bond acceptors (Lipinski definition) is 1. The molecule has 0 bridgehead atoms. The van der Waals surface area contributed by atoms with Crippen LogP contribution in [0.1, 0.15) is 18.5 Å². The van der Waals surface area contributed by atoms with Gasteiger partial charge in [0.15, 0.2) is 0 Å². The molecule has 4 heteroatoms. The van der Waals surface area contributed by atoms with Crippen molar-refractivity contribution in [3.63, 3.8) is 0 Å². The van der Waals surface area contributed by atoms with Crippen molar-refractivity contribution in [3.05, 3.63) is 62.8 Å². The van der Waals surface area contributed by atoms with Gasteiger partial charge < -0.3 is 5.32 Å². The first-order valence-electron chi connectivity index (χ1n) is 5.54. The van der Waals surface area contributed by atoms with Crippen LogP contribution in [0.15, 0.2) is 51.4 Å². The number of halogens is 3. The molecule has 1 unspecified atom stereocenters. The Balaban J connectivity index is 2.19. The standard InChI is InChI=1S/C14H12Br2FN/c1-9(11-4-2-3-5-12(11)15)18-10-6-7-14(17)13(16)8-10/h2-9,18H,1H3. The molecule has 0 aliphatic rings. The average Bonchev–Trinajstić information content (AvgIpc) is 2.34. The number of rotatable bonds is 3. The van der Waals surface area contributed by atoms with Crippen LogP contribution in [0, 0.1) is 5.82 Å². The summed E-state index contributed by atoms with van der Waals surface area (Å²) in [5.41, 5.74) is 2.05. The van der Waals surface area contributed by atoms with Crippen LogP contribution in [0.2, 0.25) is 0 Å². The highest BCUT2D eigenvalue weighted by Crippen LogP contribution is 2.27. The van der Waals surface area contributed by atoms with Gasteiger partial charge in [0.2, 0.25) is 0 Å². The summed E-state index contributed by atoms with van der Waals surface area (Å²) >= 11 is 6.71. The van der Waals surface area contributed by atoms with Gasteiger partial charge in [0.05, 0.1) is 4.47 Å². The van der Waals surface area contributed by atoms with Crippen molar-refractivity contribution >= 4 is 37.5 Å². The molecule has 0 aliphatic heterocycles. The maximum Gasteiger partial charge on any atom is 0.137 e. The van der Waals surface area contributed by atoms with E-state index in [1.165, 1.54) is 6.07 Å². The SMILES string of the molecule is CC(Nc1ccc(F)c(Br)c1)c1ccccc1Br. The Labute approximate surface area is 123 Å². The van der Waals surface area contributed by atoms with Crippen molar-refractivity contribution in [1.82, 2.24) is 0 Å². The Morgan fingerprint density at radius 1 is 1.06 bits per heavy atom. The molecule has 1 N–H and O–H groups in total. The fraction of sp³-hybridized carbons (Fsp3) is 0.143. The fourth-order valence-corrected chi connectivity index (χ4v) is 2.75. The second-order valence-corrected chi connectivity index (χ2v) is 5.73. The Kier molecular flexibility index (Phi) is 4.40. The van der Waals surface area contributed by atoms with Crippen LogP contribution in [-0.2, 0) is 0 Å². The topological polar surface area (TPSA) is 12.0 Å². The van der Waals surface area contributed by atoms with Crippen LogP contribution in [0.25, 0.3) is 0 Å². The fourth-order valence-electron chi connectivity index (χ4n) is 1.74. The minimum absolute atomic E-state index is 0.137. The Hall–Kier alpha value is -0.870. The molecule has 0 heterocycles. The van der Waals surface area contributed by atoms with Gasteiger partial charge in [0.25, 0.3) is 0 Å². The van der Waals surface area contributed by atoms with E-state index in [1.807, 2.05) is 18.2 Å². The second kappa shape index (κ2) is 5.85. The lowest BCUT2D eigenvalue weighted by atomic mass is 10.1. The zero-order valence-corrected chi connectivity index (χ0v) is 12.9. The molecular weight excluding hydrogens is 361 g/mol. The summed E-state index contributed by atoms with van der Waals surface area (Å²) in [6.07, 6.45) is 0. The molecule has 0 aliphatic carbocycles. The lowest BCUT2D eigenvalue weighted by Crippen LogP contribution is -2.07. The predicted molar refractivity (Wildman–Crippen MR) is 80.3 cm³/mol. The van der Waals surface area contributed by atoms with Crippen LogP contribution in [0.4, 0.5) is 10.1 Å². The van der Waals surface area contributed by atoms with Crippen LogP contribution >= 0.6 is 31.9 Å². The first-order chi connectivity index (χ1) is 8.58. The quantitative estimate of drug-likeness (QED) is 0.747. The normalized spacial score (nSPS) is 12.2. The maximum atomic E-state index is 13.1.